The summed E-state index contributed by atoms with van der Waals surface area (Å²) in [6.07, 6.45) is 11.3. The second-order valence-corrected chi connectivity index (χ2v) is 6.72. The van der Waals surface area contributed by atoms with Gasteiger partial charge >= 0.3 is 12.1 Å². The highest BCUT2D eigenvalue weighted by Crippen LogP contribution is 2.10. The van der Waals surface area contributed by atoms with Crippen LogP contribution in [0.2, 0.25) is 0 Å². The Labute approximate surface area is 153 Å². The molecule has 0 saturated heterocycles. The van der Waals surface area contributed by atoms with Crippen molar-refractivity contribution in [3.05, 3.63) is 12.7 Å². The second-order valence-electron chi connectivity index (χ2n) is 6.72. The number of rotatable bonds is 15. The van der Waals surface area contributed by atoms with Crippen LogP contribution in [0.25, 0.3) is 0 Å². The van der Waals surface area contributed by atoms with Gasteiger partial charge < -0.3 is 14.8 Å². The normalized spacial score (nSPS) is 11.8. The molecule has 0 aliphatic carbocycles. The molecule has 0 bridgehead atoms. The van der Waals surface area contributed by atoms with Crippen LogP contribution in [-0.2, 0) is 14.3 Å². The minimum atomic E-state index is -0.658. The summed E-state index contributed by atoms with van der Waals surface area (Å²) in [7, 11) is 0. The molecule has 0 saturated carbocycles. The average Bonchev–Trinajstić information content (AvgIpc) is 2.58. The number of hydrogen-bond donors (Lipinski definition) is 1. The molecule has 146 valence electrons. The first-order valence-electron chi connectivity index (χ1n) is 9.73. The van der Waals surface area contributed by atoms with Crippen molar-refractivity contribution in [2.24, 2.45) is 5.92 Å². The maximum atomic E-state index is 12.1. The van der Waals surface area contributed by atoms with Gasteiger partial charge in [0.1, 0.15) is 6.04 Å². The first-order chi connectivity index (χ1) is 12.0. The Morgan fingerprint density at radius 1 is 0.960 bits per heavy atom. The molecule has 5 heteroatoms. The second kappa shape index (κ2) is 16.0. The molecular formula is C20H37NO4. The van der Waals surface area contributed by atoms with Crippen LogP contribution in [-0.4, -0.2) is 31.3 Å². The summed E-state index contributed by atoms with van der Waals surface area (Å²) in [6, 6.07) is -0.658. The molecule has 25 heavy (non-hydrogen) atoms. The SMILES string of the molecule is C=CCCCCCCCCCOC(=O)[C@@H](NC(=O)OCCC)C(C)C. The van der Waals surface area contributed by atoms with Crippen LogP contribution in [0.15, 0.2) is 12.7 Å². The van der Waals surface area contributed by atoms with Crippen molar-refractivity contribution in [1.29, 1.82) is 0 Å². The van der Waals surface area contributed by atoms with Gasteiger partial charge in [0.25, 0.3) is 0 Å². The molecule has 0 aliphatic heterocycles. The van der Waals surface area contributed by atoms with Crippen molar-refractivity contribution in [3.8, 4) is 0 Å². The van der Waals surface area contributed by atoms with Crippen LogP contribution in [0.1, 0.15) is 78.6 Å². The highest BCUT2D eigenvalue weighted by atomic mass is 16.6. The Hall–Kier alpha value is -1.52. The Morgan fingerprint density at radius 2 is 1.56 bits per heavy atom. The largest absolute Gasteiger partial charge is 0.464 e. The standard InChI is InChI=1S/C20H37NO4/c1-5-7-8-9-10-11-12-13-14-16-24-19(22)18(17(3)4)21-20(23)25-15-6-2/h5,17-18H,1,6-16H2,2-4H3,(H,21,23)/t18-/m0/s1. The summed E-state index contributed by atoms with van der Waals surface area (Å²) in [4.78, 5) is 23.7. The van der Waals surface area contributed by atoms with Crippen molar-refractivity contribution < 1.29 is 19.1 Å². The number of carbonyl (C=O) groups excluding carboxylic acids is 2. The molecule has 0 fully saturated rings. The molecule has 1 N–H and O–H groups in total. The van der Waals surface area contributed by atoms with E-state index in [9.17, 15) is 9.59 Å². The summed E-state index contributed by atoms with van der Waals surface area (Å²) < 4.78 is 10.3. The van der Waals surface area contributed by atoms with Crippen molar-refractivity contribution in [3.63, 3.8) is 0 Å². The molecule has 0 rings (SSSR count). The van der Waals surface area contributed by atoms with Crippen LogP contribution in [0.3, 0.4) is 0 Å². The predicted molar refractivity (Wildman–Crippen MR) is 101 cm³/mol. The number of ether oxygens (including phenoxy) is 2. The van der Waals surface area contributed by atoms with Gasteiger partial charge in [-0.1, -0.05) is 59.0 Å². The molecule has 1 amide bonds. The Morgan fingerprint density at radius 3 is 2.12 bits per heavy atom. The van der Waals surface area contributed by atoms with E-state index in [4.69, 9.17) is 9.47 Å². The molecule has 0 spiro atoms. The van der Waals surface area contributed by atoms with Gasteiger partial charge in [-0.15, -0.1) is 6.58 Å². The third-order valence-electron chi connectivity index (χ3n) is 3.93. The first kappa shape index (κ1) is 23.5. The topological polar surface area (TPSA) is 64.6 Å². The van der Waals surface area contributed by atoms with E-state index in [-0.39, 0.29) is 11.9 Å². The maximum Gasteiger partial charge on any atom is 0.407 e. The zero-order valence-electron chi connectivity index (χ0n) is 16.4. The van der Waals surface area contributed by atoms with Crippen molar-refractivity contribution in [2.75, 3.05) is 13.2 Å². The number of carbonyl (C=O) groups is 2. The van der Waals surface area contributed by atoms with Gasteiger partial charge in [-0.2, -0.15) is 0 Å². The molecule has 5 nitrogen and oxygen atoms in total. The minimum absolute atomic E-state index is 0.0442. The fourth-order valence-electron chi connectivity index (χ4n) is 2.40. The van der Waals surface area contributed by atoms with Crippen LogP contribution >= 0.6 is 0 Å². The van der Waals surface area contributed by atoms with Gasteiger partial charge in [0, 0.05) is 0 Å². The number of unbranched alkanes of at least 4 members (excludes halogenated alkanes) is 7. The summed E-state index contributed by atoms with van der Waals surface area (Å²) in [5.41, 5.74) is 0. The average molecular weight is 356 g/mol. The molecular weight excluding hydrogens is 318 g/mol. The van der Waals surface area contributed by atoms with Crippen molar-refractivity contribution in [1.82, 2.24) is 5.32 Å². The lowest BCUT2D eigenvalue weighted by Crippen LogP contribution is -2.45. The van der Waals surface area contributed by atoms with Gasteiger partial charge in [-0.3, -0.25) is 0 Å². The third-order valence-corrected chi connectivity index (χ3v) is 3.93. The highest BCUT2D eigenvalue weighted by molar-refractivity contribution is 5.81. The van der Waals surface area contributed by atoms with E-state index in [2.05, 4.69) is 11.9 Å². The number of nitrogens with one attached hydrogen (secondary N) is 1. The van der Waals surface area contributed by atoms with E-state index in [0.29, 0.717) is 13.2 Å². The van der Waals surface area contributed by atoms with E-state index in [1.807, 2.05) is 26.8 Å². The summed E-state index contributed by atoms with van der Waals surface area (Å²) in [5, 5.41) is 2.59. The van der Waals surface area contributed by atoms with Crippen LogP contribution in [0.4, 0.5) is 4.79 Å². The Balaban J connectivity index is 3.81. The molecule has 0 aromatic rings. The summed E-state index contributed by atoms with van der Waals surface area (Å²) >= 11 is 0. The molecule has 0 aromatic carbocycles. The predicted octanol–water partition coefficient (Wildman–Crippen LogP) is 5.00. The Bertz CT molecular complexity index is 369. The minimum Gasteiger partial charge on any atom is -0.464 e. The zero-order chi connectivity index (χ0) is 18.9. The fourth-order valence-corrected chi connectivity index (χ4v) is 2.40. The van der Waals surface area contributed by atoms with E-state index < -0.39 is 12.1 Å². The smallest absolute Gasteiger partial charge is 0.407 e. The number of esters is 1. The fraction of sp³-hybridized carbons (Fsp3) is 0.800. The van der Waals surface area contributed by atoms with Crippen molar-refractivity contribution in [2.45, 2.75) is 84.6 Å². The first-order valence-corrected chi connectivity index (χ1v) is 9.73. The number of hydrogen-bond acceptors (Lipinski definition) is 4. The lowest BCUT2D eigenvalue weighted by molar-refractivity contribution is -0.147. The van der Waals surface area contributed by atoms with Gasteiger partial charge in [-0.05, 0) is 31.6 Å². The quantitative estimate of drug-likeness (QED) is 0.255. The van der Waals surface area contributed by atoms with Crippen LogP contribution < -0.4 is 5.32 Å². The van der Waals surface area contributed by atoms with E-state index >= 15 is 0 Å². The zero-order valence-corrected chi connectivity index (χ0v) is 16.4. The molecule has 0 unspecified atom stereocenters. The molecule has 0 aliphatic rings. The van der Waals surface area contributed by atoms with Gasteiger partial charge in [0.05, 0.1) is 13.2 Å². The maximum absolute atomic E-state index is 12.1. The van der Waals surface area contributed by atoms with Crippen LogP contribution in [0, 0.1) is 5.92 Å². The van der Waals surface area contributed by atoms with Crippen LogP contribution in [0.5, 0.6) is 0 Å². The summed E-state index contributed by atoms with van der Waals surface area (Å²) in [5.74, 6) is -0.426. The monoisotopic (exact) mass is 355 g/mol. The highest BCUT2D eigenvalue weighted by Gasteiger charge is 2.26. The van der Waals surface area contributed by atoms with E-state index in [1.54, 1.807) is 0 Å². The van der Waals surface area contributed by atoms with Gasteiger partial charge in [-0.25, -0.2) is 9.59 Å². The lowest BCUT2D eigenvalue weighted by atomic mass is 10.1. The number of alkyl carbamates (subject to hydrolysis) is 1. The Kier molecular flexibility index (Phi) is 15.0. The number of allylic oxidation sites excluding steroid dienone is 1. The molecule has 0 heterocycles. The summed E-state index contributed by atoms with van der Waals surface area (Å²) in [6.45, 7) is 10.1. The van der Waals surface area contributed by atoms with Crippen molar-refractivity contribution >= 4 is 12.1 Å². The van der Waals surface area contributed by atoms with E-state index in [0.717, 1.165) is 25.7 Å². The number of amides is 1. The molecule has 1 atom stereocenters. The van der Waals surface area contributed by atoms with Gasteiger partial charge in [0.15, 0.2) is 0 Å². The lowest BCUT2D eigenvalue weighted by Gasteiger charge is -2.20. The van der Waals surface area contributed by atoms with E-state index in [1.165, 1.54) is 32.1 Å². The van der Waals surface area contributed by atoms with Gasteiger partial charge in [0.2, 0.25) is 0 Å². The molecule has 0 radical (unpaired) electrons. The third kappa shape index (κ3) is 13.4. The molecule has 0 aromatic heterocycles.